The molecule has 1 heteroatoms. The van der Waals surface area contributed by atoms with Gasteiger partial charge >= 0.3 is 0 Å². The van der Waals surface area contributed by atoms with Crippen LogP contribution in [0.4, 0.5) is 5.69 Å². The smallest absolute Gasteiger partial charge is 0.0548 e. The van der Waals surface area contributed by atoms with Gasteiger partial charge in [0.05, 0.1) is 6.04 Å². The van der Waals surface area contributed by atoms with E-state index in [2.05, 4.69) is 68.3 Å². The first kappa shape index (κ1) is 22.8. The molecule has 0 saturated heterocycles. The van der Waals surface area contributed by atoms with Gasteiger partial charge in [0.15, 0.2) is 0 Å². The summed E-state index contributed by atoms with van der Waals surface area (Å²) in [6, 6.07) is 11.6. The molecule has 0 radical (unpaired) electrons. The number of hydrogen-bond acceptors (Lipinski definition) is 1. The van der Waals surface area contributed by atoms with Crippen LogP contribution in [-0.4, -0.2) is 6.04 Å². The fourth-order valence-electron chi connectivity index (χ4n) is 4.30. The highest BCUT2D eigenvalue weighted by molar-refractivity contribution is 5.56. The van der Waals surface area contributed by atoms with Gasteiger partial charge in [-0.2, -0.15) is 0 Å². The Balaban J connectivity index is 2.21. The quantitative estimate of drug-likeness (QED) is 0.291. The topological polar surface area (TPSA) is 3.24 Å². The zero-order chi connectivity index (χ0) is 20.0. The number of anilines is 1. The Hall–Kier alpha value is -1.50. The molecule has 1 aromatic carbocycles. The first-order valence-electron chi connectivity index (χ1n) is 12.0. The van der Waals surface area contributed by atoms with Gasteiger partial charge in [-0.05, 0) is 55.4 Å². The predicted molar refractivity (Wildman–Crippen MR) is 126 cm³/mol. The molecule has 1 nitrogen and oxygen atoms in total. The fourth-order valence-corrected chi connectivity index (χ4v) is 4.30. The first-order valence-corrected chi connectivity index (χ1v) is 12.0. The lowest BCUT2D eigenvalue weighted by Gasteiger charge is -2.37. The van der Waals surface area contributed by atoms with Crippen LogP contribution in [0.3, 0.4) is 0 Å². The van der Waals surface area contributed by atoms with Gasteiger partial charge in [0, 0.05) is 11.9 Å². The molecule has 0 bridgehead atoms. The van der Waals surface area contributed by atoms with E-state index in [0.29, 0.717) is 6.04 Å². The summed E-state index contributed by atoms with van der Waals surface area (Å²) in [5.41, 5.74) is 4.58. The number of para-hydroxylation sites is 1. The average Bonchev–Trinajstić information content (AvgIpc) is 2.73. The summed E-state index contributed by atoms with van der Waals surface area (Å²) >= 11 is 0. The van der Waals surface area contributed by atoms with Crippen molar-refractivity contribution in [3.8, 4) is 0 Å². The monoisotopic (exact) mass is 381 g/mol. The van der Waals surface area contributed by atoms with Crippen molar-refractivity contribution in [2.45, 2.75) is 110 Å². The van der Waals surface area contributed by atoms with E-state index >= 15 is 0 Å². The SMILES string of the molecule is CCCCCCC1C(CCCCC)=CC(CCCCC)=CN1c1ccccc1. The van der Waals surface area contributed by atoms with E-state index in [1.807, 2.05) is 0 Å². The number of rotatable bonds is 14. The Morgan fingerprint density at radius 2 is 1.36 bits per heavy atom. The summed E-state index contributed by atoms with van der Waals surface area (Å²) in [7, 11) is 0. The van der Waals surface area contributed by atoms with Crippen LogP contribution in [0, 0.1) is 0 Å². The van der Waals surface area contributed by atoms with Crippen molar-refractivity contribution in [1.82, 2.24) is 0 Å². The van der Waals surface area contributed by atoms with Gasteiger partial charge in [0.1, 0.15) is 0 Å². The summed E-state index contributed by atoms with van der Waals surface area (Å²) in [6.45, 7) is 6.91. The lowest BCUT2D eigenvalue weighted by molar-refractivity contribution is 0.552. The Kier molecular flexibility index (Phi) is 11.1. The van der Waals surface area contributed by atoms with Crippen LogP contribution in [-0.2, 0) is 0 Å². The van der Waals surface area contributed by atoms with Gasteiger partial charge in [0.25, 0.3) is 0 Å². The van der Waals surface area contributed by atoms with Crippen molar-refractivity contribution in [1.29, 1.82) is 0 Å². The molecule has 2 rings (SSSR count). The minimum absolute atomic E-state index is 0.547. The van der Waals surface area contributed by atoms with Crippen molar-refractivity contribution in [2.24, 2.45) is 0 Å². The zero-order valence-electron chi connectivity index (χ0n) is 18.8. The number of unbranched alkanes of at least 4 members (excludes halogenated alkanes) is 7. The second kappa shape index (κ2) is 13.6. The van der Waals surface area contributed by atoms with Gasteiger partial charge in [-0.3, -0.25) is 0 Å². The lowest BCUT2D eigenvalue weighted by atomic mass is 9.89. The van der Waals surface area contributed by atoms with Crippen LogP contribution >= 0.6 is 0 Å². The van der Waals surface area contributed by atoms with Crippen LogP contribution in [0.5, 0.6) is 0 Å². The van der Waals surface area contributed by atoms with E-state index in [1.165, 1.54) is 94.7 Å². The molecule has 156 valence electrons. The van der Waals surface area contributed by atoms with E-state index in [-0.39, 0.29) is 0 Å². The summed E-state index contributed by atoms with van der Waals surface area (Å²) in [5.74, 6) is 0. The summed E-state index contributed by atoms with van der Waals surface area (Å²) in [4.78, 5) is 2.61. The molecule has 0 saturated carbocycles. The molecule has 1 aliphatic heterocycles. The normalized spacial score (nSPS) is 16.8. The lowest BCUT2D eigenvalue weighted by Crippen LogP contribution is -2.35. The first-order chi connectivity index (χ1) is 13.8. The van der Waals surface area contributed by atoms with Crippen LogP contribution < -0.4 is 4.90 Å². The van der Waals surface area contributed by atoms with Gasteiger partial charge in [-0.1, -0.05) is 96.4 Å². The molecule has 0 aromatic heterocycles. The number of nitrogens with zero attached hydrogens (tertiary/aromatic N) is 1. The fraction of sp³-hybridized carbons (Fsp3) is 0.630. The second-order valence-corrected chi connectivity index (χ2v) is 8.45. The van der Waals surface area contributed by atoms with E-state index in [4.69, 9.17) is 0 Å². The Morgan fingerprint density at radius 3 is 2.04 bits per heavy atom. The molecule has 1 aromatic rings. The summed E-state index contributed by atoms with van der Waals surface area (Å²) in [6.07, 6.45) is 22.1. The number of benzene rings is 1. The predicted octanol–water partition coefficient (Wildman–Crippen LogP) is 8.82. The Labute approximate surface area is 174 Å². The molecule has 0 aliphatic carbocycles. The summed E-state index contributed by atoms with van der Waals surface area (Å²) < 4.78 is 0. The highest BCUT2D eigenvalue weighted by Gasteiger charge is 2.25. The summed E-state index contributed by atoms with van der Waals surface area (Å²) in [5, 5.41) is 0. The number of allylic oxidation sites excluding steroid dienone is 2. The van der Waals surface area contributed by atoms with Crippen LogP contribution in [0.2, 0.25) is 0 Å². The third-order valence-corrected chi connectivity index (χ3v) is 5.96. The van der Waals surface area contributed by atoms with Crippen molar-refractivity contribution in [2.75, 3.05) is 4.90 Å². The maximum Gasteiger partial charge on any atom is 0.0548 e. The van der Waals surface area contributed by atoms with Crippen molar-refractivity contribution in [3.05, 3.63) is 53.8 Å². The Morgan fingerprint density at radius 1 is 0.714 bits per heavy atom. The zero-order valence-corrected chi connectivity index (χ0v) is 18.8. The third kappa shape index (κ3) is 7.49. The van der Waals surface area contributed by atoms with Gasteiger partial charge in [-0.25, -0.2) is 0 Å². The Bertz CT molecular complexity index is 584. The van der Waals surface area contributed by atoms with Crippen molar-refractivity contribution < 1.29 is 0 Å². The molecule has 0 N–H and O–H groups in total. The minimum Gasteiger partial charge on any atom is -0.341 e. The number of hydrogen-bond donors (Lipinski definition) is 0. The molecular formula is C27H43N. The standard InChI is InChI=1S/C27H43N/c1-4-7-10-16-21-27-25(18-13-9-6-3)22-24(17-12-8-5-2)23-28(27)26-19-14-11-15-20-26/h11,14-15,19-20,22-23,27H,4-10,12-13,16-18,21H2,1-3H3. The second-order valence-electron chi connectivity index (χ2n) is 8.45. The van der Waals surface area contributed by atoms with Crippen molar-refractivity contribution in [3.63, 3.8) is 0 Å². The van der Waals surface area contributed by atoms with E-state index < -0.39 is 0 Å². The molecule has 1 atom stereocenters. The van der Waals surface area contributed by atoms with E-state index in [9.17, 15) is 0 Å². The maximum absolute atomic E-state index is 2.61. The van der Waals surface area contributed by atoms with Gasteiger partial charge < -0.3 is 4.90 Å². The molecule has 1 heterocycles. The van der Waals surface area contributed by atoms with Crippen LogP contribution in [0.1, 0.15) is 104 Å². The molecule has 0 spiro atoms. The minimum atomic E-state index is 0.547. The molecule has 0 fully saturated rings. The van der Waals surface area contributed by atoms with Crippen molar-refractivity contribution >= 4 is 5.69 Å². The van der Waals surface area contributed by atoms with Gasteiger partial charge in [0.2, 0.25) is 0 Å². The highest BCUT2D eigenvalue weighted by atomic mass is 15.2. The molecular weight excluding hydrogens is 338 g/mol. The maximum atomic E-state index is 2.61. The van der Waals surface area contributed by atoms with Crippen LogP contribution in [0.25, 0.3) is 0 Å². The highest BCUT2D eigenvalue weighted by Crippen LogP contribution is 2.34. The average molecular weight is 382 g/mol. The van der Waals surface area contributed by atoms with Crippen LogP contribution in [0.15, 0.2) is 53.8 Å². The largest absolute Gasteiger partial charge is 0.341 e. The molecule has 28 heavy (non-hydrogen) atoms. The molecule has 1 unspecified atom stereocenters. The molecule has 0 amide bonds. The molecule has 1 aliphatic rings. The van der Waals surface area contributed by atoms with E-state index in [1.54, 1.807) is 5.57 Å². The van der Waals surface area contributed by atoms with Gasteiger partial charge in [-0.15, -0.1) is 0 Å². The van der Waals surface area contributed by atoms with E-state index in [0.717, 1.165) is 0 Å². The third-order valence-electron chi connectivity index (χ3n) is 5.96.